The summed E-state index contributed by atoms with van der Waals surface area (Å²) in [7, 11) is 0. The van der Waals surface area contributed by atoms with Crippen molar-refractivity contribution in [3.05, 3.63) is 0 Å². The molecule has 110 valence electrons. The minimum absolute atomic E-state index is 0.274. The van der Waals surface area contributed by atoms with Crippen molar-refractivity contribution >= 4 is 0 Å². The first-order valence-electron chi connectivity index (χ1n) is 7.43. The molecule has 2 unspecified atom stereocenters. The Hall–Kier alpha value is -0.160. The first-order chi connectivity index (χ1) is 8.57. The zero-order valence-corrected chi connectivity index (χ0v) is 12.9. The number of aliphatic hydroxyl groups is 1. The largest absolute Gasteiger partial charge is 0.390 e. The summed E-state index contributed by atoms with van der Waals surface area (Å²) in [6.07, 6.45) is -0.274. The Morgan fingerprint density at radius 1 is 0.889 bits per heavy atom. The molecule has 4 heteroatoms. The van der Waals surface area contributed by atoms with E-state index in [2.05, 4.69) is 49.7 Å². The molecule has 0 aliphatic heterocycles. The Morgan fingerprint density at radius 3 is 1.78 bits per heavy atom. The van der Waals surface area contributed by atoms with Gasteiger partial charge in [0.2, 0.25) is 0 Å². The van der Waals surface area contributed by atoms with Crippen molar-refractivity contribution in [3.63, 3.8) is 0 Å². The predicted molar refractivity (Wildman–Crippen MR) is 79.0 cm³/mol. The van der Waals surface area contributed by atoms with Crippen LogP contribution in [-0.4, -0.2) is 72.9 Å². The first-order valence-corrected chi connectivity index (χ1v) is 7.43. The second-order valence-corrected chi connectivity index (χ2v) is 4.93. The van der Waals surface area contributed by atoms with Crippen LogP contribution in [0.5, 0.6) is 0 Å². The Kier molecular flexibility index (Phi) is 10.6. The summed E-state index contributed by atoms with van der Waals surface area (Å²) >= 11 is 0. The second kappa shape index (κ2) is 10.7. The number of nitrogens with zero attached hydrogens (tertiary/aromatic N) is 2. The molecule has 0 fully saturated rings. The van der Waals surface area contributed by atoms with Crippen LogP contribution in [0.15, 0.2) is 0 Å². The van der Waals surface area contributed by atoms with E-state index in [1.165, 1.54) is 0 Å². The number of rotatable bonds is 11. The van der Waals surface area contributed by atoms with Gasteiger partial charge in [-0.2, -0.15) is 0 Å². The number of hydrogen-bond acceptors (Lipinski definition) is 4. The Balaban J connectivity index is 3.79. The van der Waals surface area contributed by atoms with Gasteiger partial charge in [-0.25, -0.2) is 0 Å². The average molecular weight is 259 g/mol. The van der Waals surface area contributed by atoms with Crippen LogP contribution in [0.4, 0.5) is 0 Å². The van der Waals surface area contributed by atoms with E-state index in [4.69, 9.17) is 0 Å². The monoisotopic (exact) mass is 259 g/mol. The third kappa shape index (κ3) is 8.03. The van der Waals surface area contributed by atoms with E-state index in [1.807, 2.05) is 0 Å². The standard InChI is InChI=1S/C14H33N3O/c1-6-16(7-2)11-13(5)15-10-14(18)12-17(8-3)9-4/h13-15,18H,6-12H2,1-5H3. The van der Waals surface area contributed by atoms with E-state index >= 15 is 0 Å². The molecule has 0 radical (unpaired) electrons. The molecular weight excluding hydrogens is 226 g/mol. The predicted octanol–water partition coefficient (Wildman–Crippen LogP) is 1.01. The van der Waals surface area contributed by atoms with Crippen LogP contribution in [0.1, 0.15) is 34.6 Å². The van der Waals surface area contributed by atoms with Crippen molar-refractivity contribution in [1.29, 1.82) is 0 Å². The van der Waals surface area contributed by atoms with E-state index in [0.29, 0.717) is 12.6 Å². The summed E-state index contributed by atoms with van der Waals surface area (Å²) in [5, 5.41) is 13.4. The number of hydrogen-bond donors (Lipinski definition) is 2. The molecule has 0 aromatic carbocycles. The quantitative estimate of drug-likeness (QED) is 0.581. The number of nitrogens with one attached hydrogen (secondary N) is 1. The molecule has 0 aliphatic carbocycles. The van der Waals surface area contributed by atoms with Crippen molar-refractivity contribution in [2.24, 2.45) is 0 Å². The molecule has 0 aromatic rings. The fraction of sp³-hybridized carbons (Fsp3) is 1.00. The molecule has 18 heavy (non-hydrogen) atoms. The van der Waals surface area contributed by atoms with Gasteiger partial charge in [-0.05, 0) is 33.1 Å². The fourth-order valence-electron chi connectivity index (χ4n) is 2.12. The van der Waals surface area contributed by atoms with Crippen LogP contribution in [0.2, 0.25) is 0 Å². The SMILES string of the molecule is CCN(CC)CC(O)CNC(C)CN(CC)CC. The van der Waals surface area contributed by atoms with Gasteiger partial charge in [0.1, 0.15) is 0 Å². The Morgan fingerprint density at radius 2 is 1.33 bits per heavy atom. The molecule has 0 saturated heterocycles. The number of aliphatic hydroxyl groups excluding tert-OH is 1. The third-order valence-electron chi connectivity index (χ3n) is 3.49. The molecule has 0 saturated carbocycles. The smallest absolute Gasteiger partial charge is 0.0791 e. The summed E-state index contributed by atoms with van der Waals surface area (Å²) in [6, 6.07) is 0.427. The van der Waals surface area contributed by atoms with Gasteiger partial charge in [0, 0.05) is 25.7 Å². The van der Waals surface area contributed by atoms with E-state index in [9.17, 15) is 5.11 Å². The Bertz CT molecular complexity index is 162. The highest BCUT2D eigenvalue weighted by molar-refractivity contribution is 4.71. The average Bonchev–Trinajstić information content (AvgIpc) is 2.39. The molecule has 0 heterocycles. The lowest BCUT2D eigenvalue weighted by Gasteiger charge is -2.26. The lowest BCUT2D eigenvalue weighted by atomic mass is 10.2. The molecule has 0 rings (SSSR count). The summed E-state index contributed by atoms with van der Waals surface area (Å²) in [6.45, 7) is 17.5. The molecule has 4 nitrogen and oxygen atoms in total. The van der Waals surface area contributed by atoms with Crippen molar-refractivity contribution in [2.45, 2.75) is 46.8 Å². The van der Waals surface area contributed by atoms with Crippen molar-refractivity contribution < 1.29 is 5.11 Å². The Labute approximate surface area is 113 Å². The van der Waals surface area contributed by atoms with Gasteiger partial charge in [0.05, 0.1) is 6.10 Å². The first kappa shape index (κ1) is 17.8. The van der Waals surface area contributed by atoms with Gasteiger partial charge in [0.25, 0.3) is 0 Å². The molecule has 0 amide bonds. The number of likely N-dealkylation sites (N-methyl/N-ethyl adjacent to an activating group) is 2. The van der Waals surface area contributed by atoms with Crippen LogP contribution in [0.3, 0.4) is 0 Å². The lowest BCUT2D eigenvalue weighted by molar-refractivity contribution is 0.112. The second-order valence-electron chi connectivity index (χ2n) is 4.93. The summed E-state index contributed by atoms with van der Waals surface area (Å²) in [5.41, 5.74) is 0. The maximum absolute atomic E-state index is 9.96. The summed E-state index contributed by atoms with van der Waals surface area (Å²) < 4.78 is 0. The highest BCUT2D eigenvalue weighted by Crippen LogP contribution is 1.94. The molecule has 0 aromatic heterocycles. The molecule has 0 bridgehead atoms. The molecule has 0 spiro atoms. The topological polar surface area (TPSA) is 38.7 Å². The summed E-state index contributed by atoms with van der Waals surface area (Å²) in [4.78, 5) is 4.65. The minimum atomic E-state index is -0.274. The highest BCUT2D eigenvalue weighted by atomic mass is 16.3. The van der Waals surface area contributed by atoms with E-state index in [0.717, 1.165) is 39.3 Å². The van der Waals surface area contributed by atoms with Crippen molar-refractivity contribution in [1.82, 2.24) is 15.1 Å². The fourth-order valence-corrected chi connectivity index (χ4v) is 2.12. The maximum Gasteiger partial charge on any atom is 0.0791 e. The summed E-state index contributed by atoms with van der Waals surface area (Å²) in [5.74, 6) is 0. The molecule has 0 aliphatic rings. The third-order valence-corrected chi connectivity index (χ3v) is 3.49. The zero-order valence-electron chi connectivity index (χ0n) is 12.9. The van der Waals surface area contributed by atoms with Gasteiger partial charge >= 0.3 is 0 Å². The van der Waals surface area contributed by atoms with Gasteiger partial charge < -0.3 is 20.2 Å². The molecular formula is C14H33N3O. The minimum Gasteiger partial charge on any atom is -0.390 e. The van der Waals surface area contributed by atoms with E-state index < -0.39 is 0 Å². The van der Waals surface area contributed by atoms with Crippen molar-refractivity contribution in [3.8, 4) is 0 Å². The molecule has 2 N–H and O–H groups in total. The van der Waals surface area contributed by atoms with Crippen molar-refractivity contribution in [2.75, 3.05) is 45.8 Å². The van der Waals surface area contributed by atoms with Crippen LogP contribution in [0, 0.1) is 0 Å². The zero-order chi connectivity index (χ0) is 14.0. The van der Waals surface area contributed by atoms with Gasteiger partial charge in [-0.1, -0.05) is 27.7 Å². The van der Waals surface area contributed by atoms with Crippen LogP contribution >= 0.6 is 0 Å². The highest BCUT2D eigenvalue weighted by Gasteiger charge is 2.11. The molecule has 2 atom stereocenters. The normalized spacial score (nSPS) is 15.3. The van der Waals surface area contributed by atoms with Gasteiger partial charge in [-0.3, -0.25) is 0 Å². The lowest BCUT2D eigenvalue weighted by Crippen LogP contribution is -2.44. The van der Waals surface area contributed by atoms with Gasteiger partial charge in [-0.15, -0.1) is 0 Å². The van der Waals surface area contributed by atoms with E-state index in [-0.39, 0.29) is 6.10 Å². The van der Waals surface area contributed by atoms with E-state index in [1.54, 1.807) is 0 Å². The maximum atomic E-state index is 9.96. The van der Waals surface area contributed by atoms with Crippen LogP contribution < -0.4 is 5.32 Å². The van der Waals surface area contributed by atoms with Crippen LogP contribution in [-0.2, 0) is 0 Å². The van der Waals surface area contributed by atoms with Gasteiger partial charge in [0.15, 0.2) is 0 Å². The van der Waals surface area contributed by atoms with Crippen LogP contribution in [0.25, 0.3) is 0 Å².